The molecular formula is C17H13NO2S. The Kier molecular flexibility index (Phi) is 3.62. The fourth-order valence-corrected chi connectivity index (χ4v) is 3.03. The summed E-state index contributed by atoms with van der Waals surface area (Å²) in [5, 5.41) is 11.1. The first-order valence-corrected chi connectivity index (χ1v) is 7.33. The van der Waals surface area contributed by atoms with Crippen molar-refractivity contribution < 1.29 is 9.90 Å². The highest BCUT2D eigenvalue weighted by atomic mass is 32.2. The predicted octanol–water partition coefficient (Wildman–Crippen LogP) is 4.39. The highest BCUT2D eigenvalue weighted by molar-refractivity contribution is 7.99. The van der Waals surface area contributed by atoms with Crippen LogP contribution in [0.5, 0.6) is 0 Å². The van der Waals surface area contributed by atoms with Crippen molar-refractivity contribution in [2.75, 3.05) is 0 Å². The summed E-state index contributed by atoms with van der Waals surface area (Å²) in [6.45, 7) is 2.02. The van der Waals surface area contributed by atoms with Gasteiger partial charge in [-0.2, -0.15) is 0 Å². The molecule has 4 heteroatoms. The van der Waals surface area contributed by atoms with Gasteiger partial charge in [0, 0.05) is 10.3 Å². The Morgan fingerprint density at radius 1 is 1.10 bits per heavy atom. The maximum atomic E-state index is 11.0. The highest BCUT2D eigenvalue weighted by Crippen LogP contribution is 2.31. The molecule has 3 nitrogen and oxygen atoms in total. The van der Waals surface area contributed by atoms with Gasteiger partial charge in [-0.05, 0) is 42.8 Å². The van der Waals surface area contributed by atoms with E-state index in [9.17, 15) is 4.79 Å². The van der Waals surface area contributed by atoms with E-state index in [4.69, 9.17) is 5.11 Å². The second-order valence-corrected chi connectivity index (χ2v) is 5.80. The maximum Gasteiger partial charge on any atom is 0.335 e. The number of aromatic nitrogens is 1. The monoisotopic (exact) mass is 295 g/mol. The Balaban J connectivity index is 1.99. The lowest BCUT2D eigenvalue weighted by Crippen LogP contribution is -1.95. The number of carboxylic acids is 1. The molecule has 0 spiro atoms. The van der Waals surface area contributed by atoms with Gasteiger partial charge in [0.25, 0.3) is 0 Å². The number of hydrogen-bond acceptors (Lipinski definition) is 3. The minimum Gasteiger partial charge on any atom is -0.478 e. The van der Waals surface area contributed by atoms with Gasteiger partial charge in [0.15, 0.2) is 0 Å². The van der Waals surface area contributed by atoms with Crippen LogP contribution in [0.15, 0.2) is 64.5 Å². The second-order valence-electron chi connectivity index (χ2n) is 4.74. The molecule has 0 aliphatic rings. The van der Waals surface area contributed by atoms with E-state index in [1.54, 1.807) is 18.2 Å². The van der Waals surface area contributed by atoms with Crippen molar-refractivity contribution >= 4 is 28.6 Å². The minimum atomic E-state index is -0.916. The van der Waals surface area contributed by atoms with E-state index >= 15 is 0 Å². The summed E-state index contributed by atoms with van der Waals surface area (Å²) in [6.07, 6.45) is 0. The zero-order valence-corrected chi connectivity index (χ0v) is 12.2. The number of benzene rings is 2. The average Bonchev–Trinajstić information content (AvgIpc) is 2.48. The van der Waals surface area contributed by atoms with Crippen LogP contribution in [0.4, 0.5) is 0 Å². The molecule has 3 rings (SSSR count). The molecule has 0 bridgehead atoms. The van der Waals surface area contributed by atoms with Crippen LogP contribution < -0.4 is 0 Å². The lowest BCUT2D eigenvalue weighted by atomic mass is 10.2. The normalized spacial score (nSPS) is 10.7. The molecule has 2 aromatic carbocycles. The van der Waals surface area contributed by atoms with Crippen molar-refractivity contribution in [1.82, 2.24) is 4.98 Å². The highest BCUT2D eigenvalue weighted by Gasteiger charge is 2.08. The maximum absolute atomic E-state index is 11.0. The van der Waals surface area contributed by atoms with Crippen LogP contribution in [0.3, 0.4) is 0 Å². The van der Waals surface area contributed by atoms with Crippen LogP contribution in [-0.2, 0) is 0 Å². The van der Waals surface area contributed by atoms with Gasteiger partial charge in [-0.25, -0.2) is 9.78 Å². The third-order valence-electron chi connectivity index (χ3n) is 3.16. The van der Waals surface area contributed by atoms with E-state index in [1.807, 2.05) is 37.3 Å². The summed E-state index contributed by atoms with van der Waals surface area (Å²) >= 11 is 1.49. The smallest absolute Gasteiger partial charge is 0.335 e. The van der Waals surface area contributed by atoms with Crippen molar-refractivity contribution in [2.45, 2.75) is 16.8 Å². The van der Waals surface area contributed by atoms with Gasteiger partial charge in [-0.15, -0.1) is 0 Å². The number of carboxylic acid groups (broad SMARTS) is 1. The summed E-state index contributed by atoms with van der Waals surface area (Å²) < 4.78 is 0. The first-order valence-electron chi connectivity index (χ1n) is 6.51. The fraction of sp³-hybridized carbons (Fsp3) is 0.0588. The molecule has 0 fully saturated rings. The van der Waals surface area contributed by atoms with Crippen molar-refractivity contribution in [3.8, 4) is 0 Å². The number of para-hydroxylation sites is 1. The van der Waals surface area contributed by atoms with Crippen molar-refractivity contribution in [1.29, 1.82) is 0 Å². The molecule has 104 valence electrons. The van der Waals surface area contributed by atoms with E-state index in [0.717, 1.165) is 26.4 Å². The molecule has 21 heavy (non-hydrogen) atoms. The van der Waals surface area contributed by atoms with E-state index < -0.39 is 5.97 Å². The molecule has 0 amide bonds. The van der Waals surface area contributed by atoms with E-state index in [-0.39, 0.29) is 0 Å². The molecule has 0 atom stereocenters. The predicted molar refractivity (Wildman–Crippen MR) is 84.0 cm³/mol. The molecule has 3 aromatic rings. The van der Waals surface area contributed by atoms with Crippen LogP contribution in [-0.4, -0.2) is 16.1 Å². The molecule has 0 aliphatic heterocycles. The van der Waals surface area contributed by atoms with Crippen LogP contribution in [0.25, 0.3) is 10.9 Å². The van der Waals surface area contributed by atoms with Crippen LogP contribution >= 0.6 is 11.8 Å². The van der Waals surface area contributed by atoms with Crippen LogP contribution in [0.2, 0.25) is 0 Å². The number of aryl methyl sites for hydroxylation is 1. The Morgan fingerprint density at radius 3 is 2.71 bits per heavy atom. The zero-order valence-electron chi connectivity index (χ0n) is 11.4. The third-order valence-corrected chi connectivity index (χ3v) is 4.26. The number of aromatic carboxylic acids is 1. The van der Waals surface area contributed by atoms with Gasteiger partial charge in [0.05, 0.1) is 11.1 Å². The summed E-state index contributed by atoms with van der Waals surface area (Å²) in [5.41, 5.74) is 2.32. The molecule has 1 aromatic heterocycles. The number of pyridine rings is 1. The topological polar surface area (TPSA) is 50.2 Å². The summed E-state index contributed by atoms with van der Waals surface area (Å²) in [4.78, 5) is 16.6. The fourth-order valence-electron chi connectivity index (χ4n) is 2.11. The first kappa shape index (κ1) is 13.6. The van der Waals surface area contributed by atoms with Gasteiger partial charge in [-0.1, -0.05) is 36.0 Å². The quantitative estimate of drug-likeness (QED) is 0.778. The van der Waals surface area contributed by atoms with Gasteiger partial charge < -0.3 is 5.11 Å². The van der Waals surface area contributed by atoms with Crippen molar-refractivity contribution in [2.24, 2.45) is 0 Å². The zero-order chi connectivity index (χ0) is 14.8. The van der Waals surface area contributed by atoms with E-state index in [1.165, 1.54) is 11.8 Å². The molecule has 0 saturated heterocycles. The number of hydrogen-bond donors (Lipinski definition) is 1. The van der Waals surface area contributed by atoms with Gasteiger partial charge in [0.2, 0.25) is 0 Å². The summed E-state index contributed by atoms with van der Waals surface area (Å²) in [6, 6.07) is 17.0. The summed E-state index contributed by atoms with van der Waals surface area (Å²) in [5.74, 6) is -0.916. The standard InChI is InChI=1S/C17H13NO2S/c1-11-9-12-5-2-3-8-15(12)18-16(11)21-14-7-4-6-13(10-14)17(19)20/h2-10H,1H3,(H,19,20). The first-order chi connectivity index (χ1) is 10.1. The Morgan fingerprint density at radius 2 is 1.90 bits per heavy atom. The minimum absolute atomic E-state index is 0.290. The molecule has 1 heterocycles. The van der Waals surface area contributed by atoms with Gasteiger partial charge >= 0.3 is 5.97 Å². The van der Waals surface area contributed by atoms with Crippen molar-refractivity contribution in [3.05, 3.63) is 65.7 Å². The number of nitrogens with zero attached hydrogens (tertiary/aromatic N) is 1. The largest absolute Gasteiger partial charge is 0.478 e. The number of carbonyl (C=O) groups is 1. The van der Waals surface area contributed by atoms with Gasteiger partial charge in [-0.3, -0.25) is 0 Å². The number of rotatable bonds is 3. The lowest BCUT2D eigenvalue weighted by Gasteiger charge is -2.07. The SMILES string of the molecule is Cc1cc2ccccc2nc1Sc1cccc(C(=O)O)c1. The van der Waals surface area contributed by atoms with Crippen molar-refractivity contribution in [3.63, 3.8) is 0 Å². The molecular weight excluding hydrogens is 282 g/mol. The molecule has 0 saturated carbocycles. The summed E-state index contributed by atoms with van der Waals surface area (Å²) in [7, 11) is 0. The Bertz CT molecular complexity index is 830. The third kappa shape index (κ3) is 2.90. The number of fused-ring (bicyclic) bond motifs is 1. The lowest BCUT2D eigenvalue weighted by molar-refractivity contribution is 0.0696. The molecule has 0 radical (unpaired) electrons. The van der Waals surface area contributed by atoms with E-state index in [2.05, 4.69) is 11.1 Å². The molecule has 0 unspecified atom stereocenters. The second kappa shape index (κ2) is 5.58. The Hall–Kier alpha value is -2.33. The van der Waals surface area contributed by atoms with E-state index in [0.29, 0.717) is 5.56 Å². The molecule has 0 aliphatic carbocycles. The van der Waals surface area contributed by atoms with Crippen LogP contribution in [0, 0.1) is 6.92 Å². The Labute approximate surface area is 126 Å². The molecule has 1 N–H and O–H groups in total. The average molecular weight is 295 g/mol. The van der Waals surface area contributed by atoms with Crippen LogP contribution in [0.1, 0.15) is 15.9 Å². The van der Waals surface area contributed by atoms with Gasteiger partial charge in [0.1, 0.15) is 5.03 Å².